The van der Waals surface area contributed by atoms with Gasteiger partial charge in [0.05, 0.1) is 15.2 Å². The summed E-state index contributed by atoms with van der Waals surface area (Å²) in [5.41, 5.74) is 2.86. The van der Waals surface area contributed by atoms with E-state index in [4.69, 9.17) is 11.6 Å². The minimum absolute atomic E-state index is 0.266. The Labute approximate surface area is 140 Å². The van der Waals surface area contributed by atoms with Crippen molar-refractivity contribution in [3.05, 3.63) is 57.0 Å². The first-order valence-corrected chi connectivity index (χ1v) is 7.70. The van der Waals surface area contributed by atoms with Crippen molar-refractivity contribution >= 4 is 44.9 Å². The number of carbonyl (C=O) groups is 1. The normalized spacial score (nSPS) is 10.9. The summed E-state index contributed by atoms with van der Waals surface area (Å²) >= 11 is 9.27. The molecule has 0 aliphatic rings. The highest BCUT2D eigenvalue weighted by atomic mass is 79.9. The molecule has 0 saturated carbocycles. The number of rotatable bonds is 2. The van der Waals surface area contributed by atoms with Crippen LogP contribution in [0, 0.1) is 13.8 Å². The Morgan fingerprint density at radius 2 is 2.14 bits per heavy atom. The highest BCUT2D eigenvalue weighted by Gasteiger charge is 2.18. The van der Waals surface area contributed by atoms with Gasteiger partial charge in [-0.3, -0.25) is 9.20 Å². The maximum Gasteiger partial charge on any atom is 0.275 e. The zero-order valence-electron chi connectivity index (χ0n) is 11.9. The van der Waals surface area contributed by atoms with Crippen LogP contribution in [0.4, 0.5) is 5.82 Å². The Kier molecular flexibility index (Phi) is 3.88. The molecule has 0 aromatic carbocycles. The fraction of sp³-hybridized carbons (Fsp3) is 0.133. The molecule has 5 nitrogen and oxygen atoms in total. The highest BCUT2D eigenvalue weighted by Crippen LogP contribution is 2.23. The predicted molar refractivity (Wildman–Crippen MR) is 89.6 cm³/mol. The summed E-state index contributed by atoms with van der Waals surface area (Å²) in [4.78, 5) is 21.1. The minimum Gasteiger partial charge on any atom is -0.305 e. The summed E-state index contributed by atoms with van der Waals surface area (Å²) in [6.07, 6.45) is 3.36. The van der Waals surface area contributed by atoms with Gasteiger partial charge in [-0.2, -0.15) is 0 Å². The summed E-state index contributed by atoms with van der Waals surface area (Å²) in [6, 6.07) is 5.29. The molecule has 3 aromatic heterocycles. The molecule has 0 aliphatic carbocycles. The van der Waals surface area contributed by atoms with E-state index in [2.05, 4.69) is 31.2 Å². The number of hydrogen-bond donors (Lipinski definition) is 1. The Balaban J connectivity index is 2.03. The Morgan fingerprint density at radius 1 is 1.36 bits per heavy atom. The van der Waals surface area contributed by atoms with Crippen molar-refractivity contribution < 1.29 is 4.79 Å². The van der Waals surface area contributed by atoms with Gasteiger partial charge >= 0.3 is 0 Å². The van der Waals surface area contributed by atoms with E-state index < -0.39 is 0 Å². The molecule has 0 spiro atoms. The number of nitrogens with zero attached hydrogens (tertiary/aromatic N) is 3. The minimum atomic E-state index is -0.266. The van der Waals surface area contributed by atoms with Crippen molar-refractivity contribution in [2.75, 3.05) is 5.32 Å². The number of fused-ring (bicyclic) bond motifs is 1. The van der Waals surface area contributed by atoms with E-state index >= 15 is 0 Å². The zero-order chi connectivity index (χ0) is 15.9. The average Bonchev–Trinajstić information content (AvgIpc) is 2.78. The number of aromatic nitrogens is 3. The van der Waals surface area contributed by atoms with Crippen molar-refractivity contribution in [3.8, 4) is 0 Å². The Hall–Kier alpha value is -1.92. The third-order valence-corrected chi connectivity index (χ3v) is 3.98. The zero-order valence-corrected chi connectivity index (χ0v) is 14.2. The molecule has 0 aliphatic heterocycles. The average molecular weight is 380 g/mol. The van der Waals surface area contributed by atoms with Crippen LogP contribution in [0.5, 0.6) is 0 Å². The first-order valence-electron chi connectivity index (χ1n) is 6.53. The van der Waals surface area contributed by atoms with Crippen LogP contribution in [-0.4, -0.2) is 20.3 Å². The van der Waals surface area contributed by atoms with Crippen molar-refractivity contribution in [1.29, 1.82) is 0 Å². The molecule has 3 heterocycles. The molecular weight excluding hydrogens is 368 g/mol. The fourth-order valence-electron chi connectivity index (χ4n) is 2.24. The van der Waals surface area contributed by atoms with Gasteiger partial charge in [0.1, 0.15) is 11.5 Å². The topological polar surface area (TPSA) is 59.3 Å². The predicted octanol–water partition coefficient (Wildman–Crippen LogP) is 4.01. The van der Waals surface area contributed by atoms with E-state index in [0.29, 0.717) is 27.9 Å². The summed E-state index contributed by atoms with van der Waals surface area (Å²) < 4.78 is 2.62. The molecule has 0 bridgehead atoms. The van der Waals surface area contributed by atoms with Crippen LogP contribution in [0.1, 0.15) is 21.7 Å². The molecule has 1 amide bonds. The van der Waals surface area contributed by atoms with Crippen molar-refractivity contribution in [3.63, 3.8) is 0 Å². The largest absolute Gasteiger partial charge is 0.305 e. The van der Waals surface area contributed by atoms with Crippen LogP contribution >= 0.6 is 27.5 Å². The molecule has 0 fully saturated rings. The molecule has 0 radical (unpaired) electrons. The molecule has 1 N–H and O–H groups in total. The quantitative estimate of drug-likeness (QED) is 0.732. The molecule has 0 saturated heterocycles. The number of pyridine rings is 2. The lowest BCUT2D eigenvalue weighted by Gasteiger charge is -2.06. The molecule has 3 rings (SSSR count). The third kappa shape index (κ3) is 2.71. The molecule has 0 unspecified atom stereocenters. The molecule has 7 heteroatoms. The maximum absolute atomic E-state index is 12.6. The molecule has 112 valence electrons. The highest BCUT2D eigenvalue weighted by molar-refractivity contribution is 9.10. The second-order valence-corrected chi connectivity index (χ2v) is 6.21. The SMILES string of the molecule is Cc1cc(Br)c2nc(C)c(C(=O)Nc3ccc(Cl)cn3)n2c1. The van der Waals surface area contributed by atoms with Gasteiger partial charge < -0.3 is 5.32 Å². The monoisotopic (exact) mass is 378 g/mol. The van der Waals surface area contributed by atoms with Crippen molar-refractivity contribution in [2.45, 2.75) is 13.8 Å². The molecular formula is C15H12BrClN4O. The van der Waals surface area contributed by atoms with Crippen LogP contribution in [0.2, 0.25) is 5.02 Å². The number of anilines is 1. The van der Waals surface area contributed by atoms with Crippen LogP contribution < -0.4 is 5.32 Å². The molecule has 22 heavy (non-hydrogen) atoms. The smallest absolute Gasteiger partial charge is 0.275 e. The van der Waals surface area contributed by atoms with Crippen LogP contribution in [0.3, 0.4) is 0 Å². The number of nitrogens with one attached hydrogen (secondary N) is 1. The summed E-state index contributed by atoms with van der Waals surface area (Å²) in [5.74, 6) is 0.174. The van der Waals surface area contributed by atoms with E-state index in [9.17, 15) is 4.79 Å². The first-order chi connectivity index (χ1) is 10.5. The number of halogens is 2. The summed E-state index contributed by atoms with van der Waals surface area (Å²) in [6.45, 7) is 3.76. The number of hydrogen-bond acceptors (Lipinski definition) is 3. The van der Waals surface area contributed by atoms with E-state index in [1.807, 2.05) is 19.2 Å². The second kappa shape index (κ2) is 5.70. The van der Waals surface area contributed by atoms with Gasteiger partial charge in [0.25, 0.3) is 5.91 Å². The van der Waals surface area contributed by atoms with E-state index in [1.165, 1.54) is 6.20 Å². The maximum atomic E-state index is 12.6. The van der Waals surface area contributed by atoms with Gasteiger partial charge in [0, 0.05) is 12.4 Å². The standard InChI is InChI=1S/C15H12BrClN4O/c1-8-5-11(16)14-19-9(2)13(21(14)7-8)15(22)20-12-4-3-10(17)6-18-12/h3-7H,1-2H3,(H,18,20,22). The van der Waals surface area contributed by atoms with Gasteiger partial charge in [-0.15, -0.1) is 0 Å². The molecule has 3 aromatic rings. The number of imidazole rings is 1. The van der Waals surface area contributed by atoms with E-state index in [-0.39, 0.29) is 5.91 Å². The lowest BCUT2D eigenvalue weighted by molar-refractivity contribution is 0.102. The van der Waals surface area contributed by atoms with Crippen molar-refractivity contribution in [2.24, 2.45) is 0 Å². The van der Waals surface area contributed by atoms with Crippen molar-refractivity contribution in [1.82, 2.24) is 14.4 Å². The van der Waals surface area contributed by atoms with E-state index in [0.717, 1.165) is 10.0 Å². The second-order valence-electron chi connectivity index (χ2n) is 4.92. The van der Waals surface area contributed by atoms with Gasteiger partial charge in [0.2, 0.25) is 0 Å². The van der Waals surface area contributed by atoms with Crippen LogP contribution in [-0.2, 0) is 0 Å². The van der Waals surface area contributed by atoms with Gasteiger partial charge in [0.15, 0.2) is 5.65 Å². The van der Waals surface area contributed by atoms with E-state index in [1.54, 1.807) is 23.5 Å². The number of aryl methyl sites for hydroxylation is 2. The fourth-order valence-corrected chi connectivity index (χ4v) is 3.00. The number of carbonyl (C=O) groups excluding carboxylic acids is 1. The Bertz CT molecular complexity index is 873. The van der Waals surface area contributed by atoms with Gasteiger partial charge in [-0.1, -0.05) is 11.6 Å². The first kappa shape index (κ1) is 15.0. The van der Waals surface area contributed by atoms with Crippen LogP contribution in [0.15, 0.2) is 35.1 Å². The van der Waals surface area contributed by atoms with Gasteiger partial charge in [-0.05, 0) is 53.5 Å². The lowest BCUT2D eigenvalue weighted by Crippen LogP contribution is -2.16. The molecule has 0 atom stereocenters. The van der Waals surface area contributed by atoms with Crippen LogP contribution in [0.25, 0.3) is 5.65 Å². The Morgan fingerprint density at radius 3 is 2.82 bits per heavy atom. The van der Waals surface area contributed by atoms with Gasteiger partial charge in [-0.25, -0.2) is 9.97 Å². The lowest BCUT2D eigenvalue weighted by atomic mass is 10.3. The number of amides is 1. The third-order valence-electron chi connectivity index (χ3n) is 3.17. The summed E-state index contributed by atoms with van der Waals surface area (Å²) in [5, 5.41) is 3.28. The summed E-state index contributed by atoms with van der Waals surface area (Å²) in [7, 11) is 0.